The van der Waals surface area contributed by atoms with Gasteiger partial charge in [-0.3, -0.25) is 0 Å². The van der Waals surface area contributed by atoms with Gasteiger partial charge in [-0.15, -0.1) is 0 Å². The minimum Gasteiger partial charge on any atom is -0.427 e. The number of halogens is 3. The summed E-state index contributed by atoms with van der Waals surface area (Å²) in [6.07, 6.45) is 6.58. The summed E-state index contributed by atoms with van der Waals surface area (Å²) in [6, 6.07) is 10.1. The second-order valence-corrected chi connectivity index (χ2v) is 8.99. The van der Waals surface area contributed by atoms with E-state index in [1.807, 2.05) is 0 Å². The van der Waals surface area contributed by atoms with Crippen LogP contribution in [0.2, 0.25) is 11.3 Å². The van der Waals surface area contributed by atoms with E-state index in [0.29, 0.717) is 40.7 Å². The van der Waals surface area contributed by atoms with E-state index in [2.05, 4.69) is 0 Å². The van der Waals surface area contributed by atoms with Crippen molar-refractivity contribution in [2.75, 3.05) is 0 Å². The van der Waals surface area contributed by atoms with Crippen LogP contribution < -0.4 is 5.73 Å². The van der Waals surface area contributed by atoms with Gasteiger partial charge < -0.3 is 15.8 Å². The van der Waals surface area contributed by atoms with E-state index in [9.17, 15) is 8.78 Å². The van der Waals surface area contributed by atoms with Crippen molar-refractivity contribution in [1.29, 1.82) is 0 Å². The van der Waals surface area contributed by atoms with Crippen molar-refractivity contribution in [2.24, 2.45) is 17.6 Å². The highest BCUT2D eigenvalue weighted by atomic mass is 35.5. The summed E-state index contributed by atoms with van der Waals surface area (Å²) in [5.74, 6) is -0.598. The molecule has 178 valence electrons. The van der Waals surface area contributed by atoms with Gasteiger partial charge in [0, 0.05) is 16.6 Å². The van der Waals surface area contributed by atoms with Gasteiger partial charge in [0.1, 0.15) is 0 Å². The van der Waals surface area contributed by atoms with Gasteiger partial charge in [0.15, 0.2) is 11.6 Å². The van der Waals surface area contributed by atoms with Crippen molar-refractivity contribution in [3.05, 3.63) is 58.6 Å². The molecule has 0 aliphatic heterocycles. The molecule has 0 saturated heterocycles. The molecule has 5 nitrogen and oxygen atoms in total. The quantitative estimate of drug-likeness (QED) is 0.341. The van der Waals surface area contributed by atoms with E-state index < -0.39 is 18.8 Å². The van der Waals surface area contributed by atoms with Crippen LogP contribution in [0.3, 0.4) is 0 Å². The molecule has 1 aliphatic rings. The van der Waals surface area contributed by atoms with Crippen LogP contribution in [0.15, 0.2) is 36.4 Å². The maximum Gasteiger partial charge on any atom is 0.451 e. The Morgan fingerprint density at radius 3 is 2.30 bits per heavy atom. The van der Waals surface area contributed by atoms with Crippen molar-refractivity contribution in [3.63, 3.8) is 0 Å². The Bertz CT molecular complexity index is 917. The lowest BCUT2D eigenvalue weighted by molar-refractivity contribution is -0.191. The van der Waals surface area contributed by atoms with E-state index in [-0.39, 0.29) is 17.8 Å². The Morgan fingerprint density at radius 1 is 1.06 bits per heavy atom. The fourth-order valence-electron chi connectivity index (χ4n) is 4.31. The third-order valence-electron chi connectivity index (χ3n) is 6.27. The average Bonchev–Trinajstić information content (AvgIpc) is 2.74. The van der Waals surface area contributed by atoms with Crippen LogP contribution in [-0.2, 0) is 16.0 Å². The van der Waals surface area contributed by atoms with Gasteiger partial charge in [-0.2, -0.15) is 9.59 Å². The highest BCUT2D eigenvalue weighted by molar-refractivity contribution is 6.40. The molecule has 1 saturated carbocycles. The Kier molecular flexibility index (Phi) is 11.2. The molecular weight excluding hydrogens is 451 g/mol. The summed E-state index contributed by atoms with van der Waals surface area (Å²) in [5, 5.41) is 18.3. The molecule has 3 rings (SSSR count). The van der Waals surface area contributed by atoms with Crippen LogP contribution in [0.5, 0.6) is 0 Å². The van der Waals surface area contributed by atoms with E-state index >= 15 is 0 Å². The first kappa shape index (κ1) is 27.2. The Hall–Kier alpha value is -2.09. The van der Waals surface area contributed by atoms with Gasteiger partial charge in [-0.05, 0) is 73.5 Å². The SMILES string of the molecule is NC(CCCCB(O)O)C1CC(CCc2ccc(-c3ccc(Cl)cc3)c(F)c2F)C1.O=C=O. The molecule has 0 heterocycles. The van der Waals surface area contributed by atoms with Gasteiger partial charge in [-0.25, -0.2) is 8.78 Å². The number of hydrogen-bond donors (Lipinski definition) is 3. The molecule has 0 bridgehead atoms. The summed E-state index contributed by atoms with van der Waals surface area (Å²) < 4.78 is 29.2. The summed E-state index contributed by atoms with van der Waals surface area (Å²) in [6.45, 7) is 0. The maximum atomic E-state index is 14.6. The fourth-order valence-corrected chi connectivity index (χ4v) is 4.44. The zero-order valence-electron chi connectivity index (χ0n) is 18.4. The first-order valence-electron chi connectivity index (χ1n) is 11.1. The Balaban J connectivity index is 0.00000122. The third kappa shape index (κ3) is 8.33. The summed E-state index contributed by atoms with van der Waals surface area (Å²) in [5.41, 5.74) is 7.51. The van der Waals surface area contributed by atoms with Crippen molar-refractivity contribution < 1.29 is 28.4 Å². The lowest BCUT2D eigenvalue weighted by Gasteiger charge is -2.39. The van der Waals surface area contributed by atoms with Crippen LogP contribution >= 0.6 is 11.6 Å². The normalized spacial score (nSPS) is 17.9. The number of unbranched alkanes of at least 4 members (excludes halogenated alkanes) is 1. The summed E-state index contributed by atoms with van der Waals surface area (Å²) >= 11 is 5.86. The first-order valence-corrected chi connectivity index (χ1v) is 11.5. The van der Waals surface area contributed by atoms with Crippen LogP contribution in [-0.4, -0.2) is 29.4 Å². The van der Waals surface area contributed by atoms with E-state index in [4.69, 9.17) is 37.0 Å². The second kappa shape index (κ2) is 13.6. The Labute approximate surface area is 198 Å². The molecule has 0 amide bonds. The number of nitrogens with two attached hydrogens (primary N) is 1. The topological polar surface area (TPSA) is 101 Å². The summed E-state index contributed by atoms with van der Waals surface area (Å²) in [4.78, 5) is 16.2. The molecule has 0 aromatic heterocycles. The molecule has 2 aromatic carbocycles. The predicted molar refractivity (Wildman–Crippen MR) is 123 cm³/mol. The number of rotatable bonds is 10. The molecule has 1 atom stereocenters. The first-order chi connectivity index (χ1) is 15.8. The standard InChI is InChI=1S/C23H29BClF2NO2.CO2/c25-19-9-6-16(7-10-19)20-11-8-17(22(26)23(20)27)5-4-15-13-18(14-15)21(28)3-1-2-12-24(29)30;2-1-3/h6-11,15,18,21,29-30H,1-5,12-14,28H2;. The molecule has 9 heteroatoms. The van der Waals surface area contributed by atoms with Gasteiger partial charge >= 0.3 is 13.3 Å². The zero-order chi connectivity index (χ0) is 24.4. The Morgan fingerprint density at radius 2 is 1.70 bits per heavy atom. The van der Waals surface area contributed by atoms with Gasteiger partial charge in [0.25, 0.3) is 0 Å². The molecule has 1 aliphatic carbocycles. The second-order valence-electron chi connectivity index (χ2n) is 8.56. The zero-order valence-corrected chi connectivity index (χ0v) is 19.1. The number of carbonyl (C=O) groups excluding carboxylic acids is 2. The molecule has 4 N–H and O–H groups in total. The van der Waals surface area contributed by atoms with Gasteiger partial charge in [0.2, 0.25) is 0 Å². The molecule has 2 aromatic rings. The van der Waals surface area contributed by atoms with Crippen LogP contribution in [0.25, 0.3) is 11.1 Å². The lowest BCUT2D eigenvalue weighted by atomic mass is 9.68. The molecule has 0 radical (unpaired) electrons. The molecule has 1 fully saturated rings. The smallest absolute Gasteiger partial charge is 0.427 e. The van der Waals surface area contributed by atoms with Crippen molar-refractivity contribution in [1.82, 2.24) is 0 Å². The highest BCUT2D eigenvalue weighted by Crippen LogP contribution is 2.40. The van der Waals surface area contributed by atoms with Crippen LogP contribution in [0.4, 0.5) is 8.78 Å². The number of benzene rings is 2. The lowest BCUT2D eigenvalue weighted by Crippen LogP contribution is -2.39. The minimum absolute atomic E-state index is 0.130. The molecule has 0 spiro atoms. The van der Waals surface area contributed by atoms with Crippen molar-refractivity contribution >= 4 is 24.9 Å². The van der Waals surface area contributed by atoms with Crippen LogP contribution in [0, 0.1) is 23.5 Å². The monoisotopic (exact) mass is 479 g/mol. The van der Waals surface area contributed by atoms with E-state index in [1.165, 1.54) is 0 Å². The third-order valence-corrected chi connectivity index (χ3v) is 6.52. The van der Waals surface area contributed by atoms with E-state index in [0.717, 1.165) is 38.5 Å². The van der Waals surface area contributed by atoms with Gasteiger partial charge in [-0.1, -0.05) is 48.7 Å². The number of hydrogen-bond acceptors (Lipinski definition) is 5. The molecule has 33 heavy (non-hydrogen) atoms. The predicted octanol–water partition coefficient (Wildman–Crippen LogP) is 4.63. The molecule has 1 unspecified atom stereocenters. The average molecular weight is 480 g/mol. The largest absolute Gasteiger partial charge is 0.451 e. The van der Waals surface area contributed by atoms with E-state index in [1.54, 1.807) is 36.4 Å². The van der Waals surface area contributed by atoms with Crippen molar-refractivity contribution in [2.45, 2.75) is 57.3 Å². The highest BCUT2D eigenvalue weighted by Gasteiger charge is 2.33. The van der Waals surface area contributed by atoms with Crippen molar-refractivity contribution in [3.8, 4) is 11.1 Å². The minimum atomic E-state index is -1.24. The summed E-state index contributed by atoms with van der Waals surface area (Å²) in [7, 11) is -1.24. The van der Waals surface area contributed by atoms with Crippen LogP contribution in [0.1, 0.15) is 44.1 Å². The van der Waals surface area contributed by atoms with Gasteiger partial charge in [0.05, 0.1) is 0 Å². The number of aryl methyl sites for hydroxylation is 1. The fraction of sp³-hybridized carbons (Fsp3) is 0.458. The molecular formula is C24H29BClF2NO4. The maximum absolute atomic E-state index is 14.6.